The van der Waals surface area contributed by atoms with Crippen molar-refractivity contribution >= 4 is 23.6 Å². The molecule has 0 saturated carbocycles. The number of urea groups is 1. The van der Waals surface area contributed by atoms with E-state index in [9.17, 15) is 14.4 Å². The second-order valence-electron chi connectivity index (χ2n) is 5.68. The molecule has 8 heteroatoms. The first-order chi connectivity index (χ1) is 12.0. The van der Waals surface area contributed by atoms with Crippen LogP contribution >= 0.6 is 0 Å². The lowest BCUT2D eigenvalue weighted by atomic mass is 10.2. The number of carbonyl (C=O) groups is 3. The molecule has 0 aromatic heterocycles. The van der Waals surface area contributed by atoms with E-state index in [1.807, 2.05) is 11.8 Å². The lowest BCUT2D eigenvalue weighted by Crippen LogP contribution is -2.53. The van der Waals surface area contributed by atoms with Gasteiger partial charge in [-0.25, -0.2) is 9.59 Å². The molecule has 1 fully saturated rings. The van der Waals surface area contributed by atoms with Gasteiger partial charge in [-0.15, -0.1) is 0 Å². The van der Waals surface area contributed by atoms with Crippen LogP contribution in [0, 0.1) is 0 Å². The van der Waals surface area contributed by atoms with Crippen molar-refractivity contribution in [1.29, 1.82) is 0 Å². The molecule has 1 saturated heterocycles. The number of ether oxygens (including phenoxy) is 1. The summed E-state index contributed by atoms with van der Waals surface area (Å²) in [7, 11) is 1.30. The van der Waals surface area contributed by atoms with Gasteiger partial charge in [0.15, 0.2) is 0 Å². The van der Waals surface area contributed by atoms with Crippen LogP contribution in [0.25, 0.3) is 0 Å². The fourth-order valence-electron chi connectivity index (χ4n) is 2.65. The second kappa shape index (κ2) is 9.03. The number of para-hydroxylation sites is 1. The standard InChI is InChI=1S/C17H24N4O4/c1-3-18-17(24)21-10-8-20(9-11-21)12-15(22)19-14-7-5-4-6-13(14)16(23)25-2/h4-7H,3,8-12H2,1-2H3,(H,18,24)(H,19,22). The Labute approximate surface area is 147 Å². The summed E-state index contributed by atoms with van der Waals surface area (Å²) in [6.07, 6.45) is 0. The van der Waals surface area contributed by atoms with E-state index in [2.05, 4.69) is 10.6 Å². The molecule has 1 aliphatic rings. The SMILES string of the molecule is CCNC(=O)N1CCN(CC(=O)Nc2ccccc2C(=O)OC)CC1. The number of rotatable bonds is 5. The average Bonchev–Trinajstić information content (AvgIpc) is 2.62. The highest BCUT2D eigenvalue weighted by Gasteiger charge is 2.22. The molecule has 3 amide bonds. The fourth-order valence-corrected chi connectivity index (χ4v) is 2.65. The zero-order chi connectivity index (χ0) is 18.2. The highest BCUT2D eigenvalue weighted by molar-refractivity contribution is 6.01. The molecule has 136 valence electrons. The predicted octanol–water partition coefficient (Wildman–Crippen LogP) is 0.759. The molecule has 0 bridgehead atoms. The third-order valence-electron chi connectivity index (χ3n) is 3.96. The van der Waals surface area contributed by atoms with E-state index >= 15 is 0 Å². The van der Waals surface area contributed by atoms with E-state index in [-0.39, 0.29) is 18.5 Å². The van der Waals surface area contributed by atoms with Crippen LogP contribution in [-0.4, -0.2) is 74.1 Å². The molecule has 1 aromatic carbocycles. The smallest absolute Gasteiger partial charge is 0.339 e. The Morgan fingerprint density at radius 2 is 1.80 bits per heavy atom. The number of nitrogens with zero attached hydrogens (tertiary/aromatic N) is 2. The maximum Gasteiger partial charge on any atom is 0.339 e. The first kappa shape index (κ1) is 18.7. The van der Waals surface area contributed by atoms with Crippen LogP contribution in [0.3, 0.4) is 0 Å². The van der Waals surface area contributed by atoms with Crippen LogP contribution in [0.4, 0.5) is 10.5 Å². The fraction of sp³-hybridized carbons (Fsp3) is 0.471. The van der Waals surface area contributed by atoms with Crippen molar-refractivity contribution in [2.75, 3.05) is 51.7 Å². The van der Waals surface area contributed by atoms with Gasteiger partial charge in [-0.2, -0.15) is 0 Å². The van der Waals surface area contributed by atoms with Gasteiger partial charge in [-0.3, -0.25) is 9.69 Å². The lowest BCUT2D eigenvalue weighted by Gasteiger charge is -2.34. The number of piperazine rings is 1. The zero-order valence-electron chi connectivity index (χ0n) is 14.6. The Kier molecular flexibility index (Phi) is 6.76. The monoisotopic (exact) mass is 348 g/mol. The summed E-state index contributed by atoms with van der Waals surface area (Å²) in [5.74, 6) is -0.700. The minimum atomic E-state index is -0.494. The summed E-state index contributed by atoms with van der Waals surface area (Å²) in [4.78, 5) is 39.5. The number of hydrogen-bond donors (Lipinski definition) is 2. The van der Waals surface area contributed by atoms with E-state index in [4.69, 9.17) is 4.74 Å². The van der Waals surface area contributed by atoms with E-state index in [1.165, 1.54) is 7.11 Å². The van der Waals surface area contributed by atoms with Crippen molar-refractivity contribution in [1.82, 2.24) is 15.1 Å². The molecule has 1 aliphatic heterocycles. The maximum atomic E-state index is 12.3. The van der Waals surface area contributed by atoms with Crippen LogP contribution in [0.5, 0.6) is 0 Å². The minimum absolute atomic E-state index is 0.0707. The number of esters is 1. The predicted molar refractivity (Wildman–Crippen MR) is 93.5 cm³/mol. The number of carbonyl (C=O) groups excluding carboxylic acids is 3. The van der Waals surface area contributed by atoms with E-state index in [0.717, 1.165) is 0 Å². The van der Waals surface area contributed by atoms with Crippen LogP contribution in [-0.2, 0) is 9.53 Å². The van der Waals surface area contributed by atoms with Crippen LogP contribution in [0.2, 0.25) is 0 Å². The molecule has 0 unspecified atom stereocenters. The number of nitrogens with one attached hydrogen (secondary N) is 2. The van der Waals surface area contributed by atoms with Crippen LogP contribution in [0.1, 0.15) is 17.3 Å². The zero-order valence-corrected chi connectivity index (χ0v) is 14.6. The topological polar surface area (TPSA) is 91.0 Å². The molecule has 0 spiro atoms. The van der Waals surface area contributed by atoms with Crippen LogP contribution in [0.15, 0.2) is 24.3 Å². The normalized spacial score (nSPS) is 14.7. The highest BCUT2D eigenvalue weighted by atomic mass is 16.5. The number of amides is 3. The molecule has 0 radical (unpaired) electrons. The third kappa shape index (κ3) is 5.18. The first-order valence-electron chi connectivity index (χ1n) is 8.27. The molecule has 0 atom stereocenters. The first-order valence-corrected chi connectivity index (χ1v) is 8.27. The molecule has 8 nitrogen and oxygen atoms in total. The van der Waals surface area contributed by atoms with Crippen LogP contribution < -0.4 is 10.6 Å². The molecule has 0 aliphatic carbocycles. The molecule has 25 heavy (non-hydrogen) atoms. The molecule has 1 aromatic rings. The van der Waals surface area contributed by atoms with Gasteiger partial charge in [0, 0.05) is 32.7 Å². The molecule has 2 rings (SSSR count). The van der Waals surface area contributed by atoms with Gasteiger partial charge in [-0.1, -0.05) is 12.1 Å². The largest absolute Gasteiger partial charge is 0.465 e. The lowest BCUT2D eigenvalue weighted by molar-refractivity contribution is -0.117. The van der Waals surface area contributed by atoms with Gasteiger partial charge in [-0.05, 0) is 19.1 Å². The van der Waals surface area contributed by atoms with Crippen molar-refractivity contribution in [2.45, 2.75) is 6.92 Å². The van der Waals surface area contributed by atoms with Gasteiger partial charge in [0.2, 0.25) is 5.91 Å². The van der Waals surface area contributed by atoms with Gasteiger partial charge in [0.05, 0.1) is 24.9 Å². The van der Waals surface area contributed by atoms with Crippen molar-refractivity contribution < 1.29 is 19.1 Å². The minimum Gasteiger partial charge on any atom is -0.465 e. The molecular weight excluding hydrogens is 324 g/mol. The Balaban J connectivity index is 1.86. The summed E-state index contributed by atoms with van der Waals surface area (Å²) in [5.41, 5.74) is 0.750. The van der Waals surface area contributed by atoms with E-state index in [0.29, 0.717) is 44.0 Å². The Morgan fingerprint density at radius 1 is 1.12 bits per heavy atom. The number of anilines is 1. The van der Waals surface area contributed by atoms with Gasteiger partial charge in [0.1, 0.15) is 0 Å². The number of hydrogen-bond acceptors (Lipinski definition) is 5. The number of benzene rings is 1. The summed E-state index contributed by atoms with van der Waals surface area (Å²) >= 11 is 0. The third-order valence-corrected chi connectivity index (χ3v) is 3.96. The van der Waals surface area contributed by atoms with Crippen molar-refractivity contribution in [2.24, 2.45) is 0 Å². The molecule has 2 N–H and O–H groups in total. The highest BCUT2D eigenvalue weighted by Crippen LogP contribution is 2.16. The Bertz CT molecular complexity index is 627. The van der Waals surface area contributed by atoms with Gasteiger partial charge < -0.3 is 20.3 Å². The Hall–Kier alpha value is -2.61. The maximum absolute atomic E-state index is 12.3. The summed E-state index contributed by atoms with van der Waals surface area (Å²) < 4.78 is 4.72. The second-order valence-corrected chi connectivity index (χ2v) is 5.68. The molecule has 1 heterocycles. The summed E-state index contributed by atoms with van der Waals surface area (Å²) in [5, 5.41) is 5.52. The quantitative estimate of drug-likeness (QED) is 0.767. The van der Waals surface area contributed by atoms with E-state index in [1.54, 1.807) is 29.2 Å². The summed E-state index contributed by atoms with van der Waals surface area (Å²) in [6.45, 7) is 5.10. The van der Waals surface area contributed by atoms with Crippen molar-refractivity contribution in [3.63, 3.8) is 0 Å². The average molecular weight is 348 g/mol. The van der Waals surface area contributed by atoms with E-state index < -0.39 is 5.97 Å². The van der Waals surface area contributed by atoms with Gasteiger partial charge >= 0.3 is 12.0 Å². The number of methoxy groups -OCH3 is 1. The van der Waals surface area contributed by atoms with Crippen molar-refractivity contribution in [3.05, 3.63) is 29.8 Å². The van der Waals surface area contributed by atoms with Crippen molar-refractivity contribution in [3.8, 4) is 0 Å². The summed E-state index contributed by atoms with van der Waals surface area (Å²) in [6, 6.07) is 6.65. The Morgan fingerprint density at radius 3 is 2.44 bits per heavy atom. The van der Waals surface area contributed by atoms with Gasteiger partial charge in [0.25, 0.3) is 0 Å². The molecular formula is C17H24N4O4.